The van der Waals surface area contributed by atoms with Gasteiger partial charge in [0.15, 0.2) is 0 Å². The SMILES string of the molecule is C=C(C)C(=O)OCC(C)OC(=O)c1cc(S(=O)(=O)O)ccc1C(=O)O. The normalized spacial score (nSPS) is 12.1. The van der Waals surface area contributed by atoms with Crippen molar-refractivity contribution in [3.8, 4) is 0 Å². The standard InChI is InChI=1S/C15H16O9S/c1-8(2)14(18)23-7-9(3)24-15(19)12-6-10(25(20,21)22)4-5-11(12)13(16)17/h4-6,9H,1,7H2,2-3H3,(H,16,17)(H,20,21,22). The van der Waals surface area contributed by atoms with Crippen LogP contribution >= 0.6 is 0 Å². The molecular weight excluding hydrogens is 356 g/mol. The molecule has 0 aliphatic rings. The van der Waals surface area contributed by atoms with Gasteiger partial charge in [-0.2, -0.15) is 8.42 Å². The summed E-state index contributed by atoms with van der Waals surface area (Å²) in [5.41, 5.74) is -0.934. The second-order valence-electron chi connectivity index (χ2n) is 5.08. The Morgan fingerprint density at radius 3 is 2.32 bits per heavy atom. The van der Waals surface area contributed by atoms with E-state index in [0.29, 0.717) is 6.07 Å². The maximum Gasteiger partial charge on any atom is 0.339 e. The molecule has 1 aromatic rings. The molecule has 0 spiro atoms. The molecular formula is C15H16O9S. The quantitative estimate of drug-likeness (QED) is 0.411. The molecule has 1 rings (SSSR count). The topological polar surface area (TPSA) is 144 Å². The van der Waals surface area contributed by atoms with Gasteiger partial charge in [0.25, 0.3) is 10.1 Å². The van der Waals surface area contributed by atoms with Crippen LogP contribution < -0.4 is 0 Å². The molecule has 10 heteroatoms. The van der Waals surface area contributed by atoms with Gasteiger partial charge >= 0.3 is 17.9 Å². The second-order valence-corrected chi connectivity index (χ2v) is 6.50. The van der Waals surface area contributed by atoms with E-state index >= 15 is 0 Å². The largest absolute Gasteiger partial charge is 0.478 e. The highest BCUT2D eigenvalue weighted by molar-refractivity contribution is 7.85. The first-order valence-electron chi connectivity index (χ1n) is 6.82. The minimum absolute atomic E-state index is 0.146. The molecule has 0 aliphatic heterocycles. The summed E-state index contributed by atoms with van der Waals surface area (Å²) in [5, 5.41) is 9.08. The van der Waals surface area contributed by atoms with Gasteiger partial charge in [-0.25, -0.2) is 14.4 Å². The number of hydrogen-bond acceptors (Lipinski definition) is 7. The molecule has 25 heavy (non-hydrogen) atoms. The minimum Gasteiger partial charge on any atom is -0.478 e. The van der Waals surface area contributed by atoms with Gasteiger partial charge < -0.3 is 14.6 Å². The lowest BCUT2D eigenvalue weighted by molar-refractivity contribution is -0.141. The molecule has 0 aromatic heterocycles. The van der Waals surface area contributed by atoms with E-state index in [9.17, 15) is 22.8 Å². The van der Waals surface area contributed by atoms with E-state index in [4.69, 9.17) is 19.1 Å². The molecule has 0 radical (unpaired) electrons. The molecule has 1 unspecified atom stereocenters. The number of esters is 2. The van der Waals surface area contributed by atoms with E-state index in [0.717, 1.165) is 12.1 Å². The Balaban J connectivity index is 3.01. The number of hydrogen-bond donors (Lipinski definition) is 2. The van der Waals surface area contributed by atoms with Gasteiger partial charge in [0.05, 0.1) is 16.0 Å². The summed E-state index contributed by atoms with van der Waals surface area (Å²) in [7, 11) is -4.64. The van der Waals surface area contributed by atoms with Crippen LogP contribution in [0.15, 0.2) is 35.2 Å². The second kappa shape index (κ2) is 7.90. The molecule has 0 saturated heterocycles. The van der Waals surface area contributed by atoms with Crippen molar-refractivity contribution in [3.63, 3.8) is 0 Å². The van der Waals surface area contributed by atoms with Gasteiger partial charge in [-0.05, 0) is 32.0 Å². The van der Waals surface area contributed by atoms with Crippen LogP contribution in [-0.4, -0.2) is 48.7 Å². The molecule has 0 saturated carbocycles. The van der Waals surface area contributed by atoms with E-state index in [1.165, 1.54) is 13.8 Å². The number of carboxylic acid groups (broad SMARTS) is 1. The van der Waals surface area contributed by atoms with E-state index in [-0.39, 0.29) is 12.2 Å². The summed E-state index contributed by atoms with van der Waals surface area (Å²) in [5.74, 6) is -3.33. The van der Waals surface area contributed by atoms with Crippen LogP contribution in [0.4, 0.5) is 0 Å². The molecule has 1 atom stereocenters. The number of carbonyl (C=O) groups is 3. The number of aromatic carboxylic acids is 1. The zero-order valence-corrected chi connectivity index (χ0v) is 14.2. The Morgan fingerprint density at radius 1 is 1.24 bits per heavy atom. The van der Waals surface area contributed by atoms with Gasteiger partial charge in [-0.3, -0.25) is 4.55 Å². The van der Waals surface area contributed by atoms with Crippen LogP contribution in [0, 0.1) is 0 Å². The van der Waals surface area contributed by atoms with Crippen molar-refractivity contribution < 1.29 is 41.9 Å². The molecule has 2 N–H and O–H groups in total. The summed E-state index contributed by atoms with van der Waals surface area (Å²) in [6.45, 7) is 5.88. The van der Waals surface area contributed by atoms with Gasteiger partial charge in [-0.15, -0.1) is 0 Å². The lowest BCUT2D eigenvalue weighted by Crippen LogP contribution is -2.24. The molecule has 9 nitrogen and oxygen atoms in total. The smallest absolute Gasteiger partial charge is 0.339 e. The van der Waals surface area contributed by atoms with Crippen molar-refractivity contribution in [2.24, 2.45) is 0 Å². The third kappa shape index (κ3) is 5.69. The van der Waals surface area contributed by atoms with Crippen molar-refractivity contribution in [2.75, 3.05) is 6.61 Å². The zero-order chi connectivity index (χ0) is 19.4. The molecule has 0 bridgehead atoms. The summed E-state index contributed by atoms with van der Waals surface area (Å²) >= 11 is 0. The van der Waals surface area contributed by atoms with Crippen LogP contribution in [0.1, 0.15) is 34.6 Å². The van der Waals surface area contributed by atoms with E-state index in [1.54, 1.807) is 0 Å². The van der Waals surface area contributed by atoms with Crippen molar-refractivity contribution >= 4 is 28.0 Å². The fourth-order valence-corrected chi connectivity index (χ4v) is 2.14. The lowest BCUT2D eigenvalue weighted by atomic mass is 10.1. The molecule has 0 heterocycles. The van der Waals surface area contributed by atoms with Crippen molar-refractivity contribution in [2.45, 2.75) is 24.8 Å². The third-order valence-corrected chi connectivity index (χ3v) is 3.69. The Hall–Kier alpha value is -2.72. The Kier molecular flexibility index (Phi) is 6.42. The molecule has 1 aromatic carbocycles. The highest BCUT2D eigenvalue weighted by Gasteiger charge is 2.23. The number of ether oxygens (including phenoxy) is 2. The summed E-state index contributed by atoms with van der Waals surface area (Å²) in [6, 6.07) is 2.38. The summed E-state index contributed by atoms with van der Waals surface area (Å²) in [4.78, 5) is 33.9. The zero-order valence-electron chi connectivity index (χ0n) is 13.4. The lowest BCUT2D eigenvalue weighted by Gasteiger charge is -2.15. The van der Waals surface area contributed by atoms with Gasteiger partial charge in [-0.1, -0.05) is 6.58 Å². The Labute approximate surface area is 143 Å². The summed E-state index contributed by atoms with van der Waals surface area (Å²) in [6.07, 6.45) is -0.938. The van der Waals surface area contributed by atoms with E-state index in [2.05, 4.69) is 6.58 Å². The average Bonchev–Trinajstić information content (AvgIpc) is 2.50. The minimum atomic E-state index is -4.64. The first-order chi connectivity index (χ1) is 11.4. The number of benzene rings is 1. The van der Waals surface area contributed by atoms with Crippen molar-refractivity contribution in [1.29, 1.82) is 0 Å². The third-order valence-electron chi connectivity index (χ3n) is 2.85. The molecule has 0 aliphatic carbocycles. The van der Waals surface area contributed by atoms with Gasteiger partial charge in [0, 0.05) is 5.57 Å². The van der Waals surface area contributed by atoms with Crippen LogP contribution in [0.25, 0.3) is 0 Å². The first kappa shape index (κ1) is 20.3. The number of carboxylic acids is 1. The highest BCUT2D eigenvalue weighted by atomic mass is 32.2. The fraction of sp³-hybridized carbons (Fsp3) is 0.267. The van der Waals surface area contributed by atoms with Crippen molar-refractivity contribution in [1.82, 2.24) is 0 Å². The van der Waals surface area contributed by atoms with Crippen LogP contribution in [0.3, 0.4) is 0 Å². The van der Waals surface area contributed by atoms with Crippen LogP contribution in [-0.2, 0) is 24.4 Å². The maximum absolute atomic E-state index is 12.1. The van der Waals surface area contributed by atoms with Gasteiger partial charge in [0.1, 0.15) is 12.7 Å². The number of carbonyl (C=O) groups excluding carboxylic acids is 2. The molecule has 136 valence electrons. The van der Waals surface area contributed by atoms with Crippen LogP contribution in [0.5, 0.6) is 0 Å². The average molecular weight is 372 g/mol. The van der Waals surface area contributed by atoms with Crippen LogP contribution in [0.2, 0.25) is 0 Å². The summed E-state index contributed by atoms with van der Waals surface area (Å²) < 4.78 is 41.0. The first-order valence-corrected chi connectivity index (χ1v) is 8.26. The fourth-order valence-electron chi connectivity index (χ4n) is 1.64. The maximum atomic E-state index is 12.1. The Bertz CT molecular complexity index is 823. The predicted octanol–water partition coefficient (Wildman–Crippen LogP) is 1.30. The highest BCUT2D eigenvalue weighted by Crippen LogP contribution is 2.18. The number of rotatable bonds is 7. The Morgan fingerprint density at radius 2 is 1.84 bits per heavy atom. The van der Waals surface area contributed by atoms with E-state index < -0.39 is 50.2 Å². The van der Waals surface area contributed by atoms with Crippen molar-refractivity contribution in [3.05, 3.63) is 41.5 Å². The predicted molar refractivity (Wildman–Crippen MR) is 83.9 cm³/mol. The monoisotopic (exact) mass is 372 g/mol. The molecule has 0 amide bonds. The van der Waals surface area contributed by atoms with Gasteiger partial charge in [0.2, 0.25) is 0 Å². The molecule has 0 fully saturated rings. The van der Waals surface area contributed by atoms with E-state index in [1.807, 2.05) is 0 Å².